The first-order valence-electron chi connectivity index (χ1n) is 5.32. The zero-order valence-corrected chi connectivity index (χ0v) is 11.7. The molecule has 1 aromatic carbocycles. The minimum atomic E-state index is -3.13. The van der Waals surface area contributed by atoms with Crippen LogP contribution in [0.1, 0.15) is 12.0 Å². The summed E-state index contributed by atoms with van der Waals surface area (Å²) in [6, 6.07) is 2.33. The highest BCUT2D eigenvalue weighted by Gasteiger charge is 2.30. The highest BCUT2D eigenvalue weighted by atomic mass is 79.9. The molecule has 18 heavy (non-hydrogen) atoms. The van der Waals surface area contributed by atoms with Crippen LogP contribution in [-0.2, 0) is 15.2 Å². The number of hydrogen-bond acceptors (Lipinski definition) is 3. The van der Waals surface area contributed by atoms with Crippen LogP contribution in [0.3, 0.4) is 0 Å². The maximum Gasteiger partial charge on any atom is 0.191 e. The molecule has 0 saturated carbocycles. The van der Waals surface area contributed by atoms with E-state index in [-0.39, 0.29) is 17.9 Å². The summed E-state index contributed by atoms with van der Waals surface area (Å²) in [4.78, 5) is 0. The summed E-state index contributed by atoms with van der Waals surface area (Å²) in [5.74, 6) is -2.31. The molecule has 0 amide bonds. The normalized spacial score (nSPS) is 22.1. The van der Waals surface area contributed by atoms with Gasteiger partial charge in [-0.15, -0.1) is 0 Å². The van der Waals surface area contributed by atoms with E-state index in [4.69, 9.17) is 4.74 Å². The predicted octanol–water partition coefficient (Wildman–Crippen LogP) is 2.43. The van der Waals surface area contributed by atoms with E-state index in [1.165, 1.54) is 0 Å². The molecule has 0 bridgehead atoms. The van der Waals surface area contributed by atoms with Gasteiger partial charge in [-0.3, -0.25) is 0 Å². The van der Waals surface area contributed by atoms with Crippen molar-refractivity contribution in [3.8, 4) is 5.75 Å². The Kier molecular flexibility index (Phi) is 3.91. The van der Waals surface area contributed by atoms with Crippen LogP contribution in [0.5, 0.6) is 5.75 Å². The van der Waals surface area contributed by atoms with Crippen LogP contribution in [0.25, 0.3) is 0 Å². The smallest absolute Gasteiger partial charge is 0.191 e. The third-order valence-corrected chi connectivity index (χ3v) is 5.07. The fourth-order valence-electron chi connectivity index (χ4n) is 1.82. The lowest BCUT2D eigenvalue weighted by Gasteiger charge is -2.14. The Morgan fingerprint density at radius 2 is 1.94 bits per heavy atom. The third-order valence-electron chi connectivity index (χ3n) is 2.69. The van der Waals surface area contributed by atoms with Gasteiger partial charge >= 0.3 is 0 Å². The maximum atomic E-state index is 13.6. The number of rotatable bonds is 3. The lowest BCUT2D eigenvalue weighted by atomic mass is 10.2. The first-order valence-corrected chi connectivity index (χ1v) is 8.26. The highest BCUT2D eigenvalue weighted by molar-refractivity contribution is 9.08. The first kappa shape index (κ1) is 13.7. The minimum absolute atomic E-state index is 0.000385. The van der Waals surface area contributed by atoms with Gasteiger partial charge in [0.15, 0.2) is 27.2 Å². The lowest BCUT2D eigenvalue weighted by molar-refractivity contribution is 0.207. The molecule has 1 heterocycles. The van der Waals surface area contributed by atoms with E-state index < -0.39 is 33.3 Å². The van der Waals surface area contributed by atoms with Gasteiger partial charge in [-0.05, 0) is 24.1 Å². The van der Waals surface area contributed by atoms with E-state index in [9.17, 15) is 17.2 Å². The topological polar surface area (TPSA) is 43.4 Å². The summed E-state index contributed by atoms with van der Waals surface area (Å²) in [6.07, 6.45) is -0.407. The van der Waals surface area contributed by atoms with Crippen molar-refractivity contribution in [2.24, 2.45) is 0 Å². The van der Waals surface area contributed by atoms with E-state index in [1.54, 1.807) is 0 Å². The summed E-state index contributed by atoms with van der Waals surface area (Å²) in [5.41, 5.74) is 0.455. The van der Waals surface area contributed by atoms with Gasteiger partial charge in [0, 0.05) is 5.33 Å². The van der Waals surface area contributed by atoms with Crippen LogP contribution in [0.15, 0.2) is 12.1 Å². The largest absolute Gasteiger partial charge is 0.483 e. The van der Waals surface area contributed by atoms with Gasteiger partial charge in [-0.25, -0.2) is 17.2 Å². The highest BCUT2D eigenvalue weighted by Crippen LogP contribution is 2.27. The molecule has 1 fully saturated rings. The van der Waals surface area contributed by atoms with E-state index in [0.29, 0.717) is 10.9 Å². The molecule has 1 aliphatic heterocycles. The fourth-order valence-corrected chi connectivity index (χ4v) is 3.74. The van der Waals surface area contributed by atoms with E-state index in [0.717, 1.165) is 12.1 Å². The summed E-state index contributed by atoms with van der Waals surface area (Å²) in [5, 5.41) is 0.332. The fraction of sp³-hybridized carbons (Fsp3) is 0.455. The molecule has 2 rings (SSSR count). The number of sulfone groups is 1. The molecule has 1 unspecified atom stereocenters. The molecule has 1 aliphatic rings. The molecule has 1 saturated heterocycles. The molecule has 1 atom stereocenters. The minimum Gasteiger partial charge on any atom is -0.483 e. The summed E-state index contributed by atoms with van der Waals surface area (Å²) in [6.45, 7) is 0. The van der Waals surface area contributed by atoms with E-state index in [1.807, 2.05) is 0 Å². The second-order valence-electron chi connectivity index (χ2n) is 4.17. The SMILES string of the molecule is O=S1(=O)CCC(Oc2c(F)cc(CBr)cc2F)C1. The van der Waals surface area contributed by atoms with Crippen molar-refractivity contribution in [2.45, 2.75) is 17.9 Å². The zero-order chi connectivity index (χ0) is 13.3. The van der Waals surface area contributed by atoms with E-state index in [2.05, 4.69) is 15.9 Å². The van der Waals surface area contributed by atoms with Crippen LogP contribution in [0.2, 0.25) is 0 Å². The molecule has 0 aromatic heterocycles. The predicted molar refractivity (Wildman–Crippen MR) is 66.7 cm³/mol. The van der Waals surface area contributed by atoms with Crippen LogP contribution < -0.4 is 4.74 Å². The molecule has 0 spiro atoms. The van der Waals surface area contributed by atoms with Gasteiger partial charge in [0.2, 0.25) is 0 Å². The molecule has 0 radical (unpaired) electrons. The lowest BCUT2D eigenvalue weighted by Crippen LogP contribution is -2.19. The molecular formula is C11H11BrF2O3S. The average Bonchev–Trinajstić information content (AvgIpc) is 2.63. The van der Waals surface area contributed by atoms with Gasteiger partial charge in [0.25, 0.3) is 0 Å². The van der Waals surface area contributed by atoms with Gasteiger partial charge in [0.1, 0.15) is 6.10 Å². The number of halogens is 3. The number of benzene rings is 1. The molecule has 3 nitrogen and oxygen atoms in total. The van der Waals surface area contributed by atoms with E-state index >= 15 is 0 Å². The molecule has 100 valence electrons. The molecule has 0 N–H and O–H groups in total. The van der Waals surface area contributed by atoms with Crippen LogP contribution in [-0.4, -0.2) is 26.0 Å². The van der Waals surface area contributed by atoms with Crippen molar-refractivity contribution >= 4 is 25.8 Å². The van der Waals surface area contributed by atoms with Crippen LogP contribution >= 0.6 is 15.9 Å². The van der Waals surface area contributed by atoms with Crippen molar-refractivity contribution in [1.82, 2.24) is 0 Å². The molecule has 7 heteroatoms. The summed E-state index contributed by atoms with van der Waals surface area (Å²) in [7, 11) is -3.13. The Hall–Kier alpha value is -0.690. The first-order chi connectivity index (χ1) is 8.41. The number of hydrogen-bond donors (Lipinski definition) is 0. The molecular weight excluding hydrogens is 330 g/mol. The molecule has 0 aliphatic carbocycles. The standard InChI is InChI=1S/C11H11BrF2O3S/c12-5-7-3-9(13)11(10(14)4-7)17-8-1-2-18(15,16)6-8/h3-4,8H,1-2,5-6H2. The van der Waals surface area contributed by atoms with Crippen LogP contribution in [0, 0.1) is 11.6 Å². The van der Waals surface area contributed by atoms with Crippen molar-refractivity contribution in [3.63, 3.8) is 0 Å². The van der Waals surface area contributed by atoms with Crippen molar-refractivity contribution in [1.29, 1.82) is 0 Å². The second-order valence-corrected chi connectivity index (χ2v) is 6.95. The zero-order valence-electron chi connectivity index (χ0n) is 9.33. The monoisotopic (exact) mass is 340 g/mol. The Bertz CT molecular complexity index is 536. The number of alkyl halides is 1. The van der Waals surface area contributed by atoms with Gasteiger partial charge in [-0.1, -0.05) is 15.9 Å². The summed E-state index contributed by atoms with van der Waals surface area (Å²) < 4.78 is 54.8. The quantitative estimate of drug-likeness (QED) is 0.793. The van der Waals surface area contributed by atoms with Gasteiger partial charge in [-0.2, -0.15) is 0 Å². The maximum absolute atomic E-state index is 13.6. The molecule has 1 aromatic rings. The Balaban J connectivity index is 2.20. The Labute approximate surface area is 112 Å². The third kappa shape index (κ3) is 3.00. The number of ether oxygens (including phenoxy) is 1. The van der Waals surface area contributed by atoms with Crippen LogP contribution in [0.4, 0.5) is 8.78 Å². The second kappa shape index (κ2) is 5.13. The van der Waals surface area contributed by atoms with Crippen molar-refractivity contribution in [3.05, 3.63) is 29.3 Å². The van der Waals surface area contributed by atoms with Crippen molar-refractivity contribution < 1.29 is 21.9 Å². The van der Waals surface area contributed by atoms with Gasteiger partial charge in [0.05, 0.1) is 11.5 Å². The Morgan fingerprint density at radius 3 is 2.39 bits per heavy atom. The average molecular weight is 341 g/mol. The van der Waals surface area contributed by atoms with Gasteiger partial charge < -0.3 is 4.74 Å². The van der Waals surface area contributed by atoms with Crippen molar-refractivity contribution in [2.75, 3.05) is 11.5 Å². The Morgan fingerprint density at radius 1 is 1.33 bits per heavy atom. The summed E-state index contributed by atoms with van der Waals surface area (Å²) >= 11 is 3.10.